The van der Waals surface area contributed by atoms with Gasteiger partial charge in [0.05, 0.1) is 16.9 Å². The molecule has 0 unspecified atom stereocenters. The second kappa shape index (κ2) is 6.92. The average molecular weight is 281 g/mol. The van der Waals surface area contributed by atoms with E-state index in [0.29, 0.717) is 5.88 Å². The Bertz CT molecular complexity index is 536. The molecule has 0 fully saturated rings. The van der Waals surface area contributed by atoms with Gasteiger partial charge in [0.1, 0.15) is 5.82 Å². The van der Waals surface area contributed by atoms with Crippen molar-refractivity contribution < 1.29 is 4.74 Å². The SMILES string of the molecule is CCCOCCCn1c(CCl)nc2cccc(C)c21. The Morgan fingerprint density at radius 2 is 2.16 bits per heavy atom. The van der Waals surface area contributed by atoms with E-state index in [2.05, 4.69) is 29.5 Å². The van der Waals surface area contributed by atoms with Gasteiger partial charge in [-0.1, -0.05) is 19.1 Å². The second-order valence-corrected chi connectivity index (χ2v) is 4.99. The highest BCUT2D eigenvalue weighted by Gasteiger charge is 2.11. The average Bonchev–Trinajstić information content (AvgIpc) is 2.78. The van der Waals surface area contributed by atoms with E-state index in [1.54, 1.807) is 0 Å². The number of hydrogen-bond acceptors (Lipinski definition) is 2. The standard InChI is InChI=1S/C15H21ClN2O/c1-3-9-19-10-5-8-18-14(11-16)17-13-7-4-6-12(2)15(13)18/h4,6-7H,3,5,8-11H2,1-2H3. The number of nitrogens with zero attached hydrogens (tertiary/aromatic N) is 2. The number of halogens is 1. The number of rotatable bonds is 7. The van der Waals surface area contributed by atoms with Crippen LogP contribution in [0.2, 0.25) is 0 Å². The molecule has 3 nitrogen and oxygen atoms in total. The van der Waals surface area contributed by atoms with E-state index < -0.39 is 0 Å². The second-order valence-electron chi connectivity index (χ2n) is 4.72. The first-order valence-electron chi connectivity index (χ1n) is 6.86. The fraction of sp³-hybridized carbons (Fsp3) is 0.533. The molecule has 0 aliphatic carbocycles. The number of aromatic nitrogens is 2. The van der Waals surface area contributed by atoms with E-state index in [1.165, 1.54) is 11.1 Å². The Morgan fingerprint density at radius 1 is 1.32 bits per heavy atom. The Balaban J connectivity index is 2.15. The minimum Gasteiger partial charge on any atom is -0.381 e. The van der Waals surface area contributed by atoms with Crippen LogP contribution in [-0.2, 0) is 17.2 Å². The molecule has 0 saturated carbocycles. The first-order chi connectivity index (χ1) is 9.27. The molecular formula is C15H21ClN2O. The summed E-state index contributed by atoms with van der Waals surface area (Å²) in [5.41, 5.74) is 3.48. The van der Waals surface area contributed by atoms with Gasteiger partial charge in [0.15, 0.2) is 0 Å². The lowest BCUT2D eigenvalue weighted by Gasteiger charge is -2.09. The molecule has 104 valence electrons. The summed E-state index contributed by atoms with van der Waals surface area (Å²) in [4.78, 5) is 4.60. The van der Waals surface area contributed by atoms with Gasteiger partial charge in [-0.25, -0.2) is 4.98 Å². The molecule has 0 spiro atoms. The van der Waals surface area contributed by atoms with Crippen molar-refractivity contribution in [3.05, 3.63) is 29.6 Å². The third-order valence-electron chi connectivity index (χ3n) is 3.19. The predicted octanol–water partition coefficient (Wildman–Crippen LogP) is 3.90. The number of imidazole rings is 1. The van der Waals surface area contributed by atoms with Crippen LogP contribution >= 0.6 is 11.6 Å². The monoisotopic (exact) mass is 280 g/mol. The number of alkyl halides is 1. The maximum atomic E-state index is 6.00. The number of hydrogen-bond donors (Lipinski definition) is 0. The van der Waals surface area contributed by atoms with Crippen molar-refractivity contribution in [3.63, 3.8) is 0 Å². The molecule has 0 atom stereocenters. The lowest BCUT2D eigenvalue weighted by molar-refractivity contribution is 0.129. The van der Waals surface area contributed by atoms with Crippen LogP contribution in [0.5, 0.6) is 0 Å². The summed E-state index contributed by atoms with van der Waals surface area (Å²) in [6, 6.07) is 6.20. The van der Waals surface area contributed by atoms with Gasteiger partial charge in [-0.15, -0.1) is 11.6 Å². The molecule has 2 rings (SSSR count). The fourth-order valence-corrected chi connectivity index (χ4v) is 2.53. The van der Waals surface area contributed by atoms with Gasteiger partial charge in [-0.05, 0) is 31.4 Å². The minimum atomic E-state index is 0.448. The summed E-state index contributed by atoms with van der Waals surface area (Å²) >= 11 is 6.00. The van der Waals surface area contributed by atoms with Crippen LogP contribution < -0.4 is 0 Å². The summed E-state index contributed by atoms with van der Waals surface area (Å²) < 4.78 is 7.76. The lowest BCUT2D eigenvalue weighted by atomic mass is 10.2. The minimum absolute atomic E-state index is 0.448. The van der Waals surface area contributed by atoms with Gasteiger partial charge in [-0.2, -0.15) is 0 Å². The third-order valence-corrected chi connectivity index (χ3v) is 3.42. The van der Waals surface area contributed by atoms with Crippen LogP contribution in [0, 0.1) is 6.92 Å². The molecule has 0 bridgehead atoms. The molecule has 2 aromatic rings. The molecular weight excluding hydrogens is 260 g/mol. The first kappa shape index (κ1) is 14.4. The van der Waals surface area contributed by atoms with Gasteiger partial charge < -0.3 is 9.30 Å². The number of para-hydroxylation sites is 1. The van der Waals surface area contributed by atoms with Crippen LogP contribution in [0.4, 0.5) is 0 Å². The highest BCUT2D eigenvalue weighted by molar-refractivity contribution is 6.16. The van der Waals surface area contributed by atoms with E-state index in [9.17, 15) is 0 Å². The number of benzene rings is 1. The molecule has 4 heteroatoms. The lowest BCUT2D eigenvalue weighted by Crippen LogP contribution is -2.06. The molecule has 0 aliphatic rings. The van der Waals surface area contributed by atoms with Crippen molar-refractivity contribution in [1.82, 2.24) is 9.55 Å². The van der Waals surface area contributed by atoms with E-state index in [1.807, 2.05) is 12.1 Å². The normalized spacial score (nSPS) is 11.3. The molecule has 0 N–H and O–H groups in total. The largest absolute Gasteiger partial charge is 0.381 e. The van der Waals surface area contributed by atoms with Crippen LogP contribution in [0.3, 0.4) is 0 Å². The Labute approximate surface area is 119 Å². The van der Waals surface area contributed by atoms with Gasteiger partial charge in [-0.3, -0.25) is 0 Å². The number of ether oxygens (including phenoxy) is 1. The first-order valence-corrected chi connectivity index (χ1v) is 7.39. The van der Waals surface area contributed by atoms with Crippen molar-refractivity contribution in [2.45, 2.75) is 39.1 Å². The predicted molar refractivity (Wildman–Crippen MR) is 79.8 cm³/mol. The Hall–Kier alpha value is -1.06. The van der Waals surface area contributed by atoms with E-state index in [-0.39, 0.29) is 0 Å². The van der Waals surface area contributed by atoms with Crippen molar-refractivity contribution in [3.8, 4) is 0 Å². The highest BCUT2D eigenvalue weighted by atomic mass is 35.5. The smallest absolute Gasteiger partial charge is 0.124 e. The fourth-order valence-electron chi connectivity index (χ4n) is 2.33. The summed E-state index contributed by atoms with van der Waals surface area (Å²) in [6.45, 7) is 6.78. The van der Waals surface area contributed by atoms with Gasteiger partial charge >= 0.3 is 0 Å². The number of aryl methyl sites for hydroxylation is 2. The van der Waals surface area contributed by atoms with Crippen molar-refractivity contribution in [2.24, 2.45) is 0 Å². The van der Waals surface area contributed by atoms with Gasteiger partial charge in [0, 0.05) is 19.8 Å². The van der Waals surface area contributed by atoms with E-state index in [4.69, 9.17) is 16.3 Å². The van der Waals surface area contributed by atoms with Crippen LogP contribution in [-0.4, -0.2) is 22.8 Å². The Kier molecular flexibility index (Phi) is 5.23. The zero-order valence-corrected chi connectivity index (χ0v) is 12.4. The zero-order valence-electron chi connectivity index (χ0n) is 11.7. The van der Waals surface area contributed by atoms with Gasteiger partial charge in [0.2, 0.25) is 0 Å². The molecule has 0 radical (unpaired) electrons. The van der Waals surface area contributed by atoms with Gasteiger partial charge in [0.25, 0.3) is 0 Å². The van der Waals surface area contributed by atoms with Crippen molar-refractivity contribution in [2.75, 3.05) is 13.2 Å². The molecule has 19 heavy (non-hydrogen) atoms. The van der Waals surface area contributed by atoms with Crippen molar-refractivity contribution >= 4 is 22.6 Å². The van der Waals surface area contributed by atoms with E-state index in [0.717, 1.165) is 43.9 Å². The molecule has 0 saturated heterocycles. The molecule has 1 heterocycles. The van der Waals surface area contributed by atoms with Crippen molar-refractivity contribution in [1.29, 1.82) is 0 Å². The topological polar surface area (TPSA) is 27.1 Å². The molecule has 1 aromatic heterocycles. The van der Waals surface area contributed by atoms with Crippen LogP contribution in [0.25, 0.3) is 11.0 Å². The maximum absolute atomic E-state index is 6.00. The van der Waals surface area contributed by atoms with Crippen LogP contribution in [0.1, 0.15) is 31.2 Å². The number of fused-ring (bicyclic) bond motifs is 1. The van der Waals surface area contributed by atoms with Crippen LogP contribution in [0.15, 0.2) is 18.2 Å². The van der Waals surface area contributed by atoms with E-state index >= 15 is 0 Å². The molecule has 0 aliphatic heterocycles. The maximum Gasteiger partial charge on any atom is 0.124 e. The Morgan fingerprint density at radius 3 is 2.89 bits per heavy atom. The molecule has 1 aromatic carbocycles. The summed E-state index contributed by atoms with van der Waals surface area (Å²) in [6.07, 6.45) is 2.06. The summed E-state index contributed by atoms with van der Waals surface area (Å²) in [5.74, 6) is 1.39. The third kappa shape index (κ3) is 3.28. The quantitative estimate of drug-likeness (QED) is 0.568. The summed E-state index contributed by atoms with van der Waals surface area (Å²) in [7, 11) is 0. The highest BCUT2D eigenvalue weighted by Crippen LogP contribution is 2.21. The summed E-state index contributed by atoms with van der Waals surface area (Å²) in [5, 5.41) is 0. The zero-order chi connectivity index (χ0) is 13.7. The molecule has 0 amide bonds.